The lowest BCUT2D eigenvalue weighted by atomic mass is 10.0. The van der Waals surface area contributed by atoms with Gasteiger partial charge >= 0.3 is 0 Å². The van der Waals surface area contributed by atoms with Gasteiger partial charge in [-0.3, -0.25) is 10.1 Å². The van der Waals surface area contributed by atoms with Crippen LogP contribution in [0.4, 0.5) is 11.4 Å². The summed E-state index contributed by atoms with van der Waals surface area (Å²) in [5.74, 6) is 0. The summed E-state index contributed by atoms with van der Waals surface area (Å²) < 4.78 is 27.3. The Labute approximate surface area is 141 Å². The molecule has 0 saturated carbocycles. The highest BCUT2D eigenvalue weighted by Crippen LogP contribution is 2.32. The molecule has 0 spiro atoms. The smallest absolute Gasteiger partial charge is 0.270 e. The predicted octanol–water partition coefficient (Wildman–Crippen LogP) is 2.90. The number of non-ortho nitro benzene ring substituents is 1. The van der Waals surface area contributed by atoms with Gasteiger partial charge in [0.25, 0.3) is 5.69 Å². The van der Waals surface area contributed by atoms with E-state index in [1.165, 1.54) is 22.5 Å². The average molecular weight is 351 g/mol. The highest BCUT2D eigenvalue weighted by Gasteiger charge is 2.31. The Morgan fingerprint density at radius 1 is 1.21 bits per heavy atom. The van der Waals surface area contributed by atoms with Gasteiger partial charge in [0.15, 0.2) is 0 Å². The molecule has 130 valence electrons. The number of anilines is 1. The maximum absolute atomic E-state index is 12.9. The molecule has 1 aromatic rings. The molecule has 1 aliphatic heterocycles. The molecule has 2 aliphatic rings. The minimum atomic E-state index is -3.73. The van der Waals surface area contributed by atoms with Crippen LogP contribution in [0.15, 0.2) is 35.2 Å². The summed E-state index contributed by atoms with van der Waals surface area (Å²) in [5, 5.41) is 14.3. The van der Waals surface area contributed by atoms with Crippen LogP contribution in [0, 0.1) is 10.1 Å². The Bertz CT molecular complexity index is 755. The molecule has 0 amide bonds. The third-order valence-electron chi connectivity index (χ3n) is 4.49. The van der Waals surface area contributed by atoms with E-state index in [1.54, 1.807) is 0 Å². The number of allylic oxidation sites excluding steroid dienone is 1. The topological polar surface area (TPSA) is 92.5 Å². The Hall–Kier alpha value is -1.93. The molecule has 0 bridgehead atoms. The van der Waals surface area contributed by atoms with Crippen LogP contribution in [0.1, 0.15) is 32.1 Å². The van der Waals surface area contributed by atoms with Gasteiger partial charge < -0.3 is 5.32 Å². The second kappa shape index (κ2) is 6.90. The van der Waals surface area contributed by atoms with E-state index in [9.17, 15) is 18.5 Å². The first-order chi connectivity index (χ1) is 11.5. The van der Waals surface area contributed by atoms with Crippen LogP contribution >= 0.6 is 0 Å². The van der Waals surface area contributed by atoms with Crippen molar-refractivity contribution in [2.75, 3.05) is 18.4 Å². The SMILES string of the molecule is O=[N+]([O-])c1ccc(NC2CC=CCC2)c(S(=O)(=O)N2CCCC2)c1. The number of nitrogens with zero attached hydrogens (tertiary/aromatic N) is 2. The largest absolute Gasteiger partial charge is 0.381 e. The van der Waals surface area contributed by atoms with Crippen molar-refractivity contribution in [1.82, 2.24) is 4.31 Å². The van der Waals surface area contributed by atoms with Gasteiger partial charge in [-0.25, -0.2) is 8.42 Å². The van der Waals surface area contributed by atoms with Crippen LogP contribution in [-0.2, 0) is 10.0 Å². The van der Waals surface area contributed by atoms with Gasteiger partial charge in [0.1, 0.15) is 4.90 Å². The van der Waals surface area contributed by atoms with Gasteiger partial charge in [0.05, 0.1) is 10.6 Å². The third-order valence-corrected chi connectivity index (χ3v) is 6.43. The number of sulfonamides is 1. The van der Waals surface area contributed by atoms with Crippen molar-refractivity contribution >= 4 is 21.4 Å². The number of hydrogen-bond acceptors (Lipinski definition) is 5. The van der Waals surface area contributed by atoms with Crippen molar-refractivity contribution in [3.05, 3.63) is 40.5 Å². The van der Waals surface area contributed by atoms with E-state index in [-0.39, 0.29) is 16.6 Å². The highest BCUT2D eigenvalue weighted by molar-refractivity contribution is 7.89. The van der Waals surface area contributed by atoms with E-state index >= 15 is 0 Å². The number of nitro benzene ring substituents is 1. The van der Waals surface area contributed by atoms with Gasteiger partial charge in [-0.15, -0.1) is 0 Å². The van der Waals surface area contributed by atoms with E-state index < -0.39 is 14.9 Å². The number of hydrogen-bond donors (Lipinski definition) is 1. The molecule has 1 aliphatic carbocycles. The number of benzene rings is 1. The van der Waals surface area contributed by atoms with Crippen molar-refractivity contribution < 1.29 is 13.3 Å². The van der Waals surface area contributed by atoms with E-state index in [0.29, 0.717) is 18.8 Å². The van der Waals surface area contributed by atoms with E-state index in [0.717, 1.165) is 32.1 Å². The molecule has 1 unspecified atom stereocenters. The first-order valence-electron chi connectivity index (χ1n) is 8.18. The second-order valence-electron chi connectivity index (χ2n) is 6.17. The Balaban J connectivity index is 1.98. The van der Waals surface area contributed by atoms with E-state index in [1.807, 2.05) is 0 Å². The summed E-state index contributed by atoms with van der Waals surface area (Å²) >= 11 is 0. The molecular weight excluding hydrogens is 330 g/mol. The lowest BCUT2D eigenvalue weighted by molar-refractivity contribution is -0.385. The fourth-order valence-electron chi connectivity index (χ4n) is 3.17. The maximum Gasteiger partial charge on any atom is 0.270 e. The second-order valence-corrected chi connectivity index (χ2v) is 8.08. The summed E-state index contributed by atoms with van der Waals surface area (Å²) in [5.41, 5.74) is 0.245. The molecule has 3 rings (SSSR count). The molecule has 0 radical (unpaired) electrons. The van der Waals surface area contributed by atoms with Crippen molar-refractivity contribution in [3.63, 3.8) is 0 Å². The minimum Gasteiger partial charge on any atom is -0.381 e. The quantitative estimate of drug-likeness (QED) is 0.500. The number of nitrogens with one attached hydrogen (secondary N) is 1. The Kier molecular flexibility index (Phi) is 4.86. The molecule has 1 N–H and O–H groups in total. The van der Waals surface area contributed by atoms with Gasteiger partial charge in [-0.1, -0.05) is 12.2 Å². The summed E-state index contributed by atoms with van der Waals surface area (Å²) in [6.07, 6.45) is 8.50. The first-order valence-corrected chi connectivity index (χ1v) is 9.62. The summed E-state index contributed by atoms with van der Waals surface area (Å²) in [6, 6.07) is 4.18. The Morgan fingerprint density at radius 2 is 1.96 bits per heavy atom. The van der Waals surface area contributed by atoms with Crippen LogP contribution in [0.5, 0.6) is 0 Å². The van der Waals surface area contributed by atoms with Crippen LogP contribution in [0.25, 0.3) is 0 Å². The molecule has 1 saturated heterocycles. The van der Waals surface area contributed by atoms with Crippen LogP contribution in [-0.4, -0.2) is 36.8 Å². The fraction of sp³-hybridized carbons (Fsp3) is 0.500. The van der Waals surface area contributed by atoms with Crippen LogP contribution < -0.4 is 5.32 Å². The van der Waals surface area contributed by atoms with Gasteiger partial charge in [-0.05, 0) is 38.2 Å². The van der Waals surface area contributed by atoms with Crippen LogP contribution in [0.2, 0.25) is 0 Å². The minimum absolute atomic E-state index is 0.00755. The lowest BCUT2D eigenvalue weighted by Crippen LogP contribution is -2.29. The zero-order valence-electron chi connectivity index (χ0n) is 13.3. The Morgan fingerprint density at radius 3 is 2.58 bits per heavy atom. The molecular formula is C16H21N3O4S. The molecule has 8 heteroatoms. The van der Waals surface area contributed by atoms with Crippen LogP contribution in [0.3, 0.4) is 0 Å². The fourth-order valence-corrected chi connectivity index (χ4v) is 4.86. The lowest BCUT2D eigenvalue weighted by Gasteiger charge is -2.24. The summed E-state index contributed by atoms with van der Waals surface area (Å²) in [7, 11) is -3.73. The molecule has 1 aromatic carbocycles. The molecule has 1 fully saturated rings. The zero-order valence-corrected chi connectivity index (χ0v) is 14.2. The molecule has 7 nitrogen and oxygen atoms in total. The molecule has 1 atom stereocenters. The molecule has 24 heavy (non-hydrogen) atoms. The van der Waals surface area contributed by atoms with Gasteiger partial charge in [0, 0.05) is 31.3 Å². The van der Waals surface area contributed by atoms with Crippen molar-refractivity contribution in [2.24, 2.45) is 0 Å². The average Bonchev–Trinajstić information content (AvgIpc) is 3.11. The first kappa shape index (κ1) is 16.9. The number of nitro groups is 1. The van der Waals surface area contributed by atoms with Gasteiger partial charge in [-0.2, -0.15) is 4.31 Å². The summed E-state index contributed by atoms with van der Waals surface area (Å²) in [4.78, 5) is 10.5. The predicted molar refractivity (Wildman–Crippen MR) is 91.5 cm³/mol. The van der Waals surface area contributed by atoms with Crippen molar-refractivity contribution in [1.29, 1.82) is 0 Å². The van der Waals surface area contributed by atoms with Crippen molar-refractivity contribution in [3.8, 4) is 0 Å². The number of rotatable bonds is 5. The van der Waals surface area contributed by atoms with E-state index in [4.69, 9.17) is 0 Å². The van der Waals surface area contributed by atoms with E-state index in [2.05, 4.69) is 17.5 Å². The molecule has 1 heterocycles. The maximum atomic E-state index is 12.9. The van der Waals surface area contributed by atoms with Crippen molar-refractivity contribution in [2.45, 2.75) is 43.0 Å². The highest BCUT2D eigenvalue weighted by atomic mass is 32.2. The zero-order chi connectivity index (χ0) is 17.2. The summed E-state index contributed by atoms with van der Waals surface area (Å²) in [6.45, 7) is 0.938. The standard InChI is InChI=1S/C16H21N3O4S/c20-19(21)14-8-9-15(17-13-6-2-1-3-7-13)16(12-14)24(22,23)18-10-4-5-11-18/h1-2,8-9,12-13,17H,3-7,10-11H2. The normalized spacial score (nSPS) is 21.8. The third kappa shape index (κ3) is 3.44. The van der Waals surface area contributed by atoms with Gasteiger partial charge in [0.2, 0.25) is 10.0 Å². The monoisotopic (exact) mass is 351 g/mol. The molecule has 0 aromatic heterocycles.